The molecule has 5 nitrogen and oxygen atoms in total. The van der Waals surface area contributed by atoms with Crippen molar-refractivity contribution in [3.63, 3.8) is 0 Å². The van der Waals surface area contributed by atoms with Gasteiger partial charge in [0.05, 0.1) is 18.2 Å². The number of pyridine rings is 1. The highest BCUT2D eigenvalue weighted by molar-refractivity contribution is 5.98. The summed E-state index contributed by atoms with van der Waals surface area (Å²) in [5.41, 5.74) is 1.57. The number of carbonyl (C=O) groups is 1. The Balaban J connectivity index is 1.57. The van der Waals surface area contributed by atoms with Crippen LogP contribution in [-0.2, 0) is 9.47 Å². The van der Waals surface area contributed by atoms with Gasteiger partial charge in [0.1, 0.15) is 0 Å². The third-order valence-corrected chi connectivity index (χ3v) is 5.72. The van der Waals surface area contributed by atoms with Gasteiger partial charge in [-0.25, -0.2) is 0 Å². The fourth-order valence-corrected chi connectivity index (χ4v) is 4.37. The molecule has 1 amide bonds. The molecule has 1 aromatic heterocycles. The number of benzene rings is 1. The summed E-state index contributed by atoms with van der Waals surface area (Å²) < 4.78 is 11.8. The molecule has 26 heavy (non-hydrogen) atoms. The van der Waals surface area contributed by atoms with Crippen LogP contribution in [0, 0.1) is 5.41 Å². The van der Waals surface area contributed by atoms with E-state index in [0.717, 1.165) is 48.9 Å². The van der Waals surface area contributed by atoms with Crippen LogP contribution < -0.4 is 0 Å². The highest BCUT2D eigenvalue weighted by atomic mass is 16.5. The summed E-state index contributed by atoms with van der Waals surface area (Å²) in [6.45, 7) is 5.65. The molecule has 2 aliphatic heterocycles. The lowest BCUT2D eigenvalue weighted by atomic mass is 9.73. The summed E-state index contributed by atoms with van der Waals surface area (Å²) in [6.07, 6.45) is 4.95. The van der Waals surface area contributed by atoms with Crippen LogP contribution in [0.25, 0.3) is 10.9 Å². The van der Waals surface area contributed by atoms with Crippen molar-refractivity contribution in [1.29, 1.82) is 0 Å². The van der Waals surface area contributed by atoms with Gasteiger partial charge < -0.3 is 14.4 Å². The van der Waals surface area contributed by atoms with E-state index in [1.807, 2.05) is 42.2 Å². The number of hydrogen-bond acceptors (Lipinski definition) is 4. The lowest BCUT2D eigenvalue weighted by Crippen LogP contribution is -2.58. The predicted octanol–water partition coefficient (Wildman–Crippen LogP) is 3.28. The number of aromatic nitrogens is 1. The summed E-state index contributed by atoms with van der Waals surface area (Å²) in [5, 5.41) is 0.998. The minimum Gasteiger partial charge on any atom is -0.381 e. The van der Waals surface area contributed by atoms with Crippen LogP contribution in [0.5, 0.6) is 0 Å². The number of ether oxygens (including phenoxy) is 2. The third-order valence-electron chi connectivity index (χ3n) is 5.72. The Morgan fingerprint density at radius 1 is 1.42 bits per heavy atom. The lowest BCUT2D eigenvalue weighted by Gasteiger charge is -2.50. The fourth-order valence-electron chi connectivity index (χ4n) is 4.37. The Morgan fingerprint density at radius 3 is 3.23 bits per heavy atom. The van der Waals surface area contributed by atoms with Crippen molar-refractivity contribution < 1.29 is 14.3 Å². The third kappa shape index (κ3) is 3.21. The van der Waals surface area contributed by atoms with Gasteiger partial charge in [-0.15, -0.1) is 0 Å². The minimum absolute atomic E-state index is 0.0689. The number of carbonyl (C=O) groups excluding carboxylic acids is 1. The van der Waals surface area contributed by atoms with E-state index in [0.29, 0.717) is 19.8 Å². The van der Waals surface area contributed by atoms with E-state index in [1.54, 1.807) is 6.20 Å². The van der Waals surface area contributed by atoms with E-state index < -0.39 is 0 Å². The highest BCUT2D eigenvalue weighted by Gasteiger charge is 2.47. The second-order valence-corrected chi connectivity index (χ2v) is 7.39. The van der Waals surface area contributed by atoms with Crippen molar-refractivity contribution in [2.75, 3.05) is 32.9 Å². The zero-order valence-corrected chi connectivity index (χ0v) is 15.3. The number of likely N-dealkylation sites (tertiary alicyclic amines) is 1. The Kier molecular flexibility index (Phi) is 4.92. The number of piperidine rings is 1. The molecule has 3 heterocycles. The zero-order valence-electron chi connectivity index (χ0n) is 15.3. The van der Waals surface area contributed by atoms with Crippen molar-refractivity contribution in [2.24, 2.45) is 5.41 Å². The van der Waals surface area contributed by atoms with Gasteiger partial charge in [0.25, 0.3) is 5.91 Å². The van der Waals surface area contributed by atoms with Gasteiger partial charge in [-0.3, -0.25) is 9.78 Å². The van der Waals surface area contributed by atoms with Crippen LogP contribution in [0.3, 0.4) is 0 Å². The van der Waals surface area contributed by atoms with Gasteiger partial charge in [-0.05, 0) is 50.5 Å². The molecule has 0 aliphatic carbocycles. The van der Waals surface area contributed by atoms with Crippen molar-refractivity contribution in [3.05, 3.63) is 42.1 Å². The van der Waals surface area contributed by atoms with Crippen molar-refractivity contribution in [1.82, 2.24) is 9.88 Å². The Bertz CT molecular complexity index is 794. The second-order valence-electron chi connectivity index (χ2n) is 7.39. The van der Waals surface area contributed by atoms with Crippen LogP contribution >= 0.6 is 0 Å². The maximum absolute atomic E-state index is 13.2. The van der Waals surface area contributed by atoms with Crippen molar-refractivity contribution >= 4 is 16.8 Å². The molecular weight excluding hydrogens is 328 g/mol. The van der Waals surface area contributed by atoms with Gasteiger partial charge in [0.2, 0.25) is 0 Å². The van der Waals surface area contributed by atoms with Crippen molar-refractivity contribution in [3.8, 4) is 0 Å². The highest BCUT2D eigenvalue weighted by Crippen LogP contribution is 2.40. The molecule has 5 heteroatoms. The number of amides is 1. The standard InChI is InChI=1S/C21H26N2O3/c1-2-25-15-21-9-4-12-26-19(21)8-11-23(14-21)20(24)17-6-7-18-16(13-17)5-3-10-22-18/h3,5-7,10,13,19H,2,4,8-9,11-12,14-15H2,1H3/t19-,21-/m1/s1. The average Bonchev–Trinajstić information content (AvgIpc) is 2.71. The first kappa shape index (κ1) is 17.4. The molecule has 2 saturated heterocycles. The van der Waals surface area contributed by atoms with Gasteiger partial charge in [0.15, 0.2) is 0 Å². The maximum Gasteiger partial charge on any atom is 0.253 e. The normalized spacial score (nSPS) is 25.9. The molecule has 1 aromatic carbocycles. The zero-order chi connectivity index (χ0) is 18.0. The lowest BCUT2D eigenvalue weighted by molar-refractivity contribution is -0.146. The molecule has 0 spiro atoms. The van der Waals surface area contributed by atoms with E-state index in [9.17, 15) is 4.79 Å². The summed E-state index contributed by atoms with van der Waals surface area (Å²) in [4.78, 5) is 19.5. The molecule has 0 N–H and O–H groups in total. The molecule has 0 bridgehead atoms. The molecule has 138 valence electrons. The van der Waals surface area contributed by atoms with Gasteiger partial charge in [-0.2, -0.15) is 0 Å². The number of nitrogens with zero attached hydrogens (tertiary/aromatic N) is 2. The van der Waals surface area contributed by atoms with Gasteiger partial charge in [-0.1, -0.05) is 6.07 Å². The first-order chi connectivity index (χ1) is 12.7. The molecule has 0 saturated carbocycles. The number of hydrogen-bond donors (Lipinski definition) is 0. The summed E-state index contributed by atoms with van der Waals surface area (Å²) in [6, 6.07) is 9.66. The Morgan fingerprint density at radius 2 is 2.35 bits per heavy atom. The first-order valence-corrected chi connectivity index (χ1v) is 9.55. The van der Waals surface area contributed by atoms with E-state index in [4.69, 9.17) is 9.47 Å². The molecule has 0 unspecified atom stereocenters. The molecule has 2 fully saturated rings. The van der Waals surface area contributed by atoms with Crippen LogP contribution in [-0.4, -0.2) is 54.8 Å². The second kappa shape index (κ2) is 7.33. The van der Waals surface area contributed by atoms with E-state index in [-0.39, 0.29) is 17.4 Å². The average molecular weight is 354 g/mol. The molecule has 2 aliphatic rings. The summed E-state index contributed by atoms with van der Waals surface area (Å²) >= 11 is 0. The smallest absolute Gasteiger partial charge is 0.253 e. The first-order valence-electron chi connectivity index (χ1n) is 9.55. The van der Waals surface area contributed by atoms with E-state index in [2.05, 4.69) is 4.98 Å². The number of rotatable bonds is 4. The van der Waals surface area contributed by atoms with Gasteiger partial charge >= 0.3 is 0 Å². The van der Waals surface area contributed by atoms with Crippen molar-refractivity contribution in [2.45, 2.75) is 32.3 Å². The Labute approximate surface area is 154 Å². The van der Waals surface area contributed by atoms with Crippen LogP contribution in [0.15, 0.2) is 36.5 Å². The predicted molar refractivity (Wildman–Crippen MR) is 100 cm³/mol. The minimum atomic E-state index is -0.0689. The molecular formula is C21H26N2O3. The van der Waals surface area contributed by atoms with Crippen LogP contribution in [0.1, 0.15) is 36.5 Å². The van der Waals surface area contributed by atoms with E-state index >= 15 is 0 Å². The molecule has 2 atom stereocenters. The largest absolute Gasteiger partial charge is 0.381 e. The van der Waals surface area contributed by atoms with Crippen LogP contribution in [0.2, 0.25) is 0 Å². The number of fused-ring (bicyclic) bond motifs is 2. The monoisotopic (exact) mass is 354 g/mol. The van der Waals surface area contributed by atoms with Gasteiger partial charge in [0, 0.05) is 48.9 Å². The molecule has 0 radical (unpaired) electrons. The summed E-state index contributed by atoms with van der Waals surface area (Å²) in [5.74, 6) is 0.0932. The topological polar surface area (TPSA) is 51.7 Å². The SMILES string of the molecule is CCOC[C@]12CCCO[C@@H]1CCN(C(=O)c1ccc3ncccc3c1)C2. The molecule has 4 rings (SSSR count). The molecule has 2 aromatic rings. The van der Waals surface area contributed by atoms with E-state index in [1.165, 1.54) is 0 Å². The quantitative estimate of drug-likeness (QED) is 0.845. The Hall–Kier alpha value is -1.98. The maximum atomic E-state index is 13.2. The summed E-state index contributed by atoms with van der Waals surface area (Å²) in [7, 11) is 0. The fraction of sp³-hybridized carbons (Fsp3) is 0.524. The van der Waals surface area contributed by atoms with Crippen LogP contribution in [0.4, 0.5) is 0 Å².